The fraction of sp³-hybridized carbons (Fsp3) is 0.273. The van der Waals surface area contributed by atoms with Gasteiger partial charge in [-0.3, -0.25) is 5.43 Å². The second-order valence-electron chi connectivity index (χ2n) is 7.54. The SMILES string of the molecule is Clc1nc2cc3c(cc2cc1C=NNc1ncnc2sc4c(c12)CCCC4)OCCO3. The predicted molar refractivity (Wildman–Crippen MR) is 123 cm³/mol. The van der Waals surface area contributed by atoms with Crippen LogP contribution in [0.5, 0.6) is 11.5 Å². The van der Waals surface area contributed by atoms with Crippen molar-refractivity contribution in [3.05, 3.63) is 45.7 Å². The molecular formula is C22H18ClN5O2S. The molecule has 31 heavy (non-hydrogen) atoms. The summed E-state index contributed by atoms with van der Waals surface area (Å²) in [6, 6.07) is 5.71. The third-order valence-electron chi connectivity index (χ3n) is 5.58. The summed E-state index contributed by atoms with van der Waals surface area (Å²) in [4.78, 5) is 15.8. The molecule has 1 aliphatic heterocycles. The number of ether oxygens (including phenoxy) is 2. The molecule has 6 rings (SSSR count). The van der Waals surface area contributed by atoms with Gasteiger partial charge < -0.3 is 9.47 Å². The lowest BCUT2D eigenvalue weighted by Gasteiger charge is -2.18. The molecule has 3 aromatic heterocycles. The number of anilines is 1. The van der Waals surface area contributed by atoms with E-state index < -0.39 is 0 Å². The Hall–Kier alpha value is -2.97. The van der Waals surface area contributed by atoms with Crippen molar-refractivity contribution in [2.45, 2.75) is 25.7 Å². The quantitative estimate of drug-likeness (QED) is 0.268. The van der Waals surface area contributed by atoms with E-state index >= 15 is 0 Å². The minimum atomic E-state index is 0.371. The van der Waals surface area contributed by atoms with Crippen molar-refractivity contribution in [1.29, 1.82) is 0 Å². The molecule has 156 valence electrons. The lowest BCUT2D eigenvalue weighted by Crippen LogP contribution is -2.15. The van der Waals surface area contributed by atoms with Crippen molar-refractivity contribution in [2.75, 3.05) is 18.6 Å². The van der Waals surface area contributed by atoms with Gasteiger partial charge in [0.1, 0.15) is 29.5 Å². The van der Waals surface area contributed by atoms with E-state index in [2.05, 4.69) is 25.5 Å². The first-order chi connectivity index (χ1) is 15.3. The summed E-state index contributed by atoms with van der Waals surface area (Å²) < 4.78 is 11.3. The zero-order valence-corrected chi connectivity index (χ0v) is 18.1. The van der Waals surface area contributed by atoms with E-state index in [1.807, 2.05) is 18.2 Å². The molecule has 0 spiro atoms. The number of hydrogen-bond acceptors (Lipinski definition) is 8. The first-order valence-corrected chi connectivity index (χ1v) is 11.4. The summed E-state index contributed by atoms with van der Waals surface area (Å²) in [6.07, 6.45) is 7.87. The van der Waals surface area contributed by atoms with Crippen LogP contribution >= 0.6 is 22.9 Å². The molecule has 0 fully saturated rings. The van der Waals surface area contributed by atoms with Crippen LogP contribution in [0.2, 0.25) is 5.15 Å². The molecule has 0 saturated heterocycles. The van der Waals surface area contributed by atoms with Gasteiger partial charge in [-0.25, -0.2) is 15.0 Å². The highest BCUT2D eigenvalue weighted by atomic mass is 35.5. The molecule has 0 radical (unpaired) electrons. The van der Waals surface area contributed by atoms with Crippen LogP contribution in [-0.2, 0) is 12.8 Å². The second kappa shape index (κ2) is 7.62. The standard InChI is InChI=1S/C22H18ClN5O2S/c23-20-13(7-12-8-16-17(9-15(12)27-20)30-6-5-29-16)10-26-28-21-19-14-3-1-2-4-18(14)31-22(19)25-11-24-21/h7-11H,1-6H2,(H,24,25,28). The van der Waals surface area contributed by atoms with Crippen molar-refractivity contribution < 1.29 is 9.47 Å². The van der Waals surface area contributed by atoms with Crippen molar-refractivity contribution in [1.82, 2.24) is 15.0 Å². The van der Waals surface area contributed by atoms with Crippen LogP contribution in [-0.4, -0.2) is 34.4 Å². The number of fused-ring (bicyclic) bond motifs is 5. The van der Waals surface area contributed by atoms with Gasteiger partial charge in [-0.05, 0) is 43.4 Å². The Morgan fingerprint density at radius 1 is 1.06 bits per heavy atom. The van der Waals surface area contributed by atoms with Gasteiger partial charge in [-0.15, -0.1) is 11.3 Å². The third-order valence-corrected chi connectivity index (χ3v) is 7.09. The van der Waals surface area contributed by atoms with Crippen LogP contribution in [0.25, 0.3) is 21.1 Å². The Morgan fingerprint density at radius 3 is 2.81 bits per heavy atom. The highest BCUT2D eigenvalue weighted by Gasteiger charge is 2.20. The van der Waals surface area contributed by atoms with Gasteiger partial charge in [-0.1, -0.05) is 11.6 Å². The number of aryl methyl sites for hydroxylation is 2. The number of aromatic nitrogens is 3. The third kappa shape index (κ3) is 3.36. The van der Waals surface area contributed by atoms with E-state index in [9.17, 15) is 0 Å². The topological polar surface area (TPSA) is 81.5 Å². The van der Waals surface area contributed by atoms with Gasteiger partial charge >= 0.3 is 0 Å². The van der Waals surface area contributed by atoms with Gasteiger partial charge in [0, 0.05) is 21.9 Å². The summed E-state index contributed by atoms with van der Waals surface area (Å²) in [6.45, 7) is 1.07. The molecule has 2 aliphatic rings. The number of nitrogens with one attached hydrogen (secondary N) is 1. The van der Waals surface area contributed by atoms with Crippen LogP contribution in [0.1, 0.15) is 28.8 Å². The first-order valence-electron chi connectivity index (χ1n) is 10.2. The largest absolute Gasteiger partial charge is 0.486 e. The van der Waals surface area contributed by atoms with E-state index in [0.717, 1.165) is 45.5 Å². The average Bonchev–Trinajstić information content (AvgIpc) is 3.17. The Kier molecular flexibility index (Phi) is 4.61. The number of pyridine rings is 1. The number of benzene rings is 1. The highest BCUT2D eigenvalue weighted by molar-refractivity contribution is 7.19. The van der Waals surface area contributed by atoms with Crippen molar-refractivity contribution >= 4 is 56.1 Å². The normalized spacial score (nSPS) is 15.5. The minimum absolute atomic E-state index is 0.371. The van der Waals surface area contributed by atoms with E-state index in [4.69, 9.17) is 21.1 Å². The van der Waals surface area contributed by atoms with Crippen molar-refractivity contribution in [3.63, 3.8) is 0 Å². The molecule has 7 nitrogen and oxygen atoms in total. The van der Waals surface area contributed by atoms with Gasteiger partial charge in [0.05, 0.1) is 17.1 Å². The molecule has 0 amide bonds. The number of thiophene rings is 1. The van der Waals surface area contributed by atoms with Crippen LogP contribution in [0.15, 0.2) is 29.6 Å². The Bertz CT molecular complexity index is 1350. The van der Waals surface area contributed by atoms with Gasteiger partial charge in [0.15, 0.2) is 17.3 Å². The number of hydrogen-bond donors (Lipinski definition) is 1. The lowest BCUT2D eigenvalue weighted by atomic mass is 9.97. The number of nitrogens with zero attached hydrogens (tertiary/aromatic N) is 4. The molecule has 0 atom stereocenters. The molecule has 0 bridgehead atoms. The van der Waals surface area contributed by atoms with Gasteiger partial charge in [-0.2, -0.15) is 5.10 Å². The van der Waals surface area contributed by atoms with Crippen molar-refractivity contribution in [3.8, 4) is 11.5 Å². The second-order valence-corrected chi connectivity index (χ2v) is 8.98. The Balaban J connectivity index is 1.32. The summed E-state index contributed by atoms with van der Waals surface area (Å²) in [7, 11) is 0. The molecule has 1 aliphatic carbocycles. The maximum absolute atomic E-state index is 6.41. The maximum Gasteiger partial charge on any atom is 0.163 e. The number of halogens is 1. The van der Waals surface area contributed by atoms with E-state index in [-0.39, 0.29) is 0 Å². The predicted octanol–water partition coefficient (Wildman–Crippen LogP) is 4.99. The van der Waals surface area contributed by atoms with Crippen LogP contribution < -0.4 is 14.9 Å². The smallest absolute Gasteiger partial charge is 0.163 e. The van der Waals surface area contributed by atoms with E-state index in [1.54, 1.807) is 23.9 Å². The first kappa shape index (κ1) is 18.8. The summed E-state index contributed by atoms with van der Waals surface area (Å²) >= 11 is 8.18. The van der Waals surface area contributed by atoms with Gasteiger partial charge in [0.25, 0.3) is 0 Å². The van der Waals surface area contributed by atoms with Crippen LogP contribution in [0.4, 0.5) is 5.82 Å². The molecular weight excluding hydrogens is 434 g/mol. The number of rotatable bonds is 3. The highest BCUT2D eigenvalue weighted by Crippen LogP contribution is 2.38. The summed E-state index contributed by atoms with van der Waals surface area (Å²) in [5.41, 5.74) is 5.91. The molecule has 4 heterocycles. The van der Waals surface area contributed by atoms with E-state index in [0.29, 0.717) is 29.7 Å². The summed E-state index contributed by atoms with van der Waals surface area (Å²) in [5.74, 6) is 2.14. The Morgan fingerprint density at radius 2 is 1.90 bits per heavy atom. The molecule has 1 N–H and O–H groups in total. The Labute approximate surface area is 187 Å². The molecule has 1 aromatic carbocycles. The van der Waals surface area contributed by atoms with Gasteiger partial charge in [0.2, 0.25) is 0 Å². The monoisotopic (exact) mass is 451 g/mol. The summed E-state index contributed by atoms with van der Waals surface area (Å²) in [5, 5.41) is 6.77. The number of hydrazone groups is 1. The zero-order chi connectivity index (χ0) is 20.8. The molecule has 0 unspecified atom stereocenters. The van der Waals surface area contributed by atoms with E-state index in [1.165, 1.54) is 23.3 Å². The van der Waals surface area contributed by atoms with Crippen LogP contribution in [0.3, 0.4) is 0 Å². The van der Waals surface area contributed by atoms with Crippen molar-refractivity contribution in [2.24, 2.45) is 5.10 Å². The maximum atomic E-state index is 6.41. The average molecular weight is 452 g/mol. The fourth-order valence-electron chi connectivity index (χ4n) is 4.13. The lowest BCUT2D eigenvalue weighted by molar-refractivity contribution is 0.172. The minimum Gasteiger partial charge on any atom is -0.486 e. The zero-order valence-electron chi connectivity index (χ0n) is 16.5. The fourth-order valence-corrected chi connectivity index (χ4v) is 5.56. The molecule has 0 saturated carbocycles. The van der Waals surface area contributed by atoms with Crippen LogP contribution in [0, 0.1) is 0 Å². The molecule has 9 heteroatoms. The molecule has 4 aromatic rings.